The third-order valence-electron chi connectivity index (χ3n) is 4.16. The van der Waals surface area contributed by atoms with E-state index in [1.807, 2.05) is 24.1 Å². The second-order valence-electron chi connectivity index (χ2n) is 5.82. The minimum atomic E-state index is 0.183. The van der Waals surface area contributed by atoms with Gasteiger partial charge in [0.15, 0.2) is 4.34 Å². The molecule has 2 aromatic rings. The number of thiazole rings is 1. The third kappa shape index (κ3) is 3.87. The minimum absolute atomic E-state index is 0.183. The van der Waals surface area contributed by atoms with Crippen molar-refractivity contribution in [3.05, 3.63) is 28.7 Å². The summed E-state index contributed by atoms with van der Waals surface area (Å²) in [5.41, 5.74) is 3.14. The van der Waals surface area contributed by atoms with Gasteiger partial charge in [-0.2, -0.15) is 0 Å². The van der Waals surface area contributed by atoms with Crippen LogP contribution in [0.3, 0.4) is 0 Å². The van der Waals surface area contributed by atoms with Crippen LogP contribution in [0.5, 0.6) is 0 Å². The number of thioether (sulfide) groups is 1. The van der Waals surface area contributed by atoms with Gasteiger partial charge in [0.25, 0.3) is 0 Å². The molecule has 1 aliphatic rings. The molecule has 3 heterocycles. The van der Waals surface area contributed by atoms with E-state index >= 15 is 0 Å². The molecule has 0 N–H and O–H groups in total. The second kappa shape index (κ2) is 7.48. The summed E-state index contributed by atoms with van der Waals surface area (Å²) in [6.07, 6.45) is 1.61. The summed E-state index contributed by atoms with van der Waals surface area (Å²) in [6, 6.07) is 0. The van der Waals surface area contributed by atoms with E-state index in [9.17, 15) is 4.79 Å². The van der Waals surface area contributed by atoms with Gasteiger partial charge in [-0.05, 0) is 20.8 Å². The van der Waals surface area contributed by atoms with E-state index in [4.69, 9.17) is 0 Å². The molecule has 1 saturated heterocycles. The van der Waals surface area contributed by atoms with Gasteiger partial charge in [0.05, 0.1) is 5.75 Å². The highest BCUT2D eigenvalue weighted by molar-refractivity contribution is 8.01. The lowest BCUT2D eigenvalue weighted by Crippen LogP contribution is -2.49. The number of aromatic nitrogens is 3. The van der Waals surface area contributed by atoms with Crippen LogP contribution in [0.2, 0.25) is 0 Å². The maximum Gasteiger partial charge on any atom is 0.233 e. The van der Waals surface area contributed by atoms with Crippen LogP contribution >= 0.6 is 23.1 Å². The SMILES string of the molecule is Cc1csc(SCC(=O)N2CCN(c3ncnc(C)c3C)CC2)n1. The van der Waals surface area contributed by atoms with Crippen molar-refractivity contribution in [3.8, 4) is 0 Å². The fourth-order valence-corrected chi connectivity index (χ4v) is 4.38. The molecule has 0 radical (unpaired) electrons. The summed E-state index contributed by atoms with van der Waals surface area (Å²) in [6.45, 7) is 9.11. The Morgan fingerprint density at radius 3 is 2.62 bits per heavy atom. The Labute approximate surface area is 150 Å². The molecule has 0 saturated carbocycles. The molecule has 0 atom stereocenters. The van der Waals surface area contributed by atoms with Gasteiger partial charge in [0.2, 0.25) is 5.91 Å². The van der Waals surface area contributed by atoms with Gasteiger partial charge in [-0.15, -0.1) is 11.3 Å². The Hall–Kier alpha value is -1.67. The lowest BCUT2D eigenvalue weighted by Gasteiger charge is -2.36. The average molecular weight is 364 g/mol. The van der Waals surface area contributed by atoms with Crippen molar-refractivity contribution in [2.75, 3.05) is 36.8 Å². The van der Waals surface area contributed by atoms with E-state index in [1.54, 1.807) is 17.7 Å². The Morgan fingerprint density at radius 1 is 1.21 bits per heavy atom. The van der Waals surface area contributed by atoms with Gasteiger partial charge in [-0.1, -0.05) is 11.8 Å². The maximum absolute atomic E-state index is 12.4. The number of carbonyl (C=O) groups is 1. The van der Waals surface area contributed by atoms with Gasteiger partial charge in [-0.25, -0.2) is 15.0 Å². The summed E-state index contributed by atoms with van der Waals surface area (Å²) >= 11 is 3.12. The summed E-state index contributed by atoms with van der Waals surface area (Å²) in [7, 11) is 0. The quantitative estimate of drug-likeness (QED) is 0.777. The van der Waals surface area contributed by atoms with E-state index in [2.05, 4.69) is 26.8 Å². The first-order valence-electron chi connectivity index (χ1n) is 7.90. The molecule has 0 spiro atoms. The minimum Gasteiger partial charge on any atom is -0.353 e. The number of carbonyl (C=O) groups excluding carboxylic acids is 1. The van der Waals surface area contributed by atoms with Gasteiger partial charge < -0.3 is 9.80 Å². The Balaban J connectivity index is 1.53. The van der Waals surface area contributed by atoms with Crippen LogP contribution in [-0.2, 0) is 4.79 Å². The molecule has 6 nitrogen and oxygen atoms in total. The van der Waals surface area contributed by atoms with Crippen LogP contribution < -0.4 is 4.90 Å². The topological polar surface area (TPSA) is 62.2 Å². The number of rotatable bonds is 4. The highest BCUT2D eigenvalue weighted by atomic mass is 32.2. The van der Waals surface area contributed by atoms with Crippen LogP contribution in [0.15, 0.2) is 16.0 Å². The normalized spacial score (nSPS) is 15.0. The molecule has 0 bridgehead atoms. The van der Waals surface area contributed by atoms with Crippen LogP contribution in [0.4, 0.5) is 5.82 Å². The zero-order valence-electron chi connectivity index (χ0n) is 14.2. The number of anilines is 1. The first-order valence-corrected chi connectivity index (χ1v) is 9.77. The van der Waals surface area contributed by atoms with Gasteiger partial charge in [0, 0.05) is 48.5 Å². The standard InChI is InChI=1S/C16H21N5OS2/c1-11-8-23-16(19-11)24-9-14(22)20-4-6-21(7-5-20)15-12(2)13(3)17-10-18-15/h8,10H,4-7,9H2,1-3H3. The fourth-order valence-electron chi connectivity index (χ4n) is 2.63. The first kappa shape index (κ1) is 17.2. The molecule has 1 amide bonds. The van der Waals surface area contributed by atoms with Crippen molar-refractivity contribution in [1.82, 2.24) is 19.9 Å². The molecular formula is C16H21N5OS2. The smallest absolute Gasteiger partial charge is 0.233 e. The van der Waals surface area contributed by atoms with Crippen molar-refractivity contribution >= 4 is 34.8 Å². The zero-order valence-corrected chi connectivity index (χ0v) is 15.8. The molecule has 0 unspecified atom stereocenters. The maximum atomic E-state index is 12.4. The van der Waals surface area contributed by atoms with Crippen molar-refractivity contribution in [1.29, 1.82) is 0 Å². The molecule has 24 heavy (non-hydrogen) atoms. The van der Waals surface area contributed by atoms with Crippen molar-refractivity contribution in [2.45, 2.75) is 25.1 Å². The molecule has 128 valence electrons. The zero-order chi connectivity index (χ0) is 17.1. The molecule has 1 fully saturated rings. The summed E-state index contributed by atoms with van der Waals surface area (Å²) in [5, 5.41) is 2.01. The van der Waals surface area contributed by atoms with Crippen LogP contribution in [0, 0.1) is 20.8 Å². The van der Waals surface area contributed by atoms with E-state index in [0.717, 1.165) is 53.3 Å². The molecule has 8 heteroatoms. The summed E-state index contributed by atoms with van der Waals surface area (Å²) in [4.78, 5) is 29.6. The van der Waals surface area contributed by atoms with Crippen LogP contribution in [-0.4, -0.2) is 57.7 Å². The van der Waals surface area contributed by atoms with Crippen molar-refractivity contribution in [3.63, 3.8) is 0 Å². The second-order valence-corrected chi connectivity index (χ2v) is 7.90. The number of aryl methyl sites for hydroxylation is 2. The van der Waals surface area contributed by atoms with Crippen molar-refractivity contribution < 1.29 is 4.79 Å². The largest absolute Gasteiger partial charge is 0.353 e. The first-order chi connectivity index (χ1) is 11.5. The Kier molecular flexibility index (Phi) is 5.35. The Morgan fingerprint density at radius 2 is 1.96 bits per heavy atom. The van der Waals surface area contributed by atoms with E-state index in [1.165, 1.54) is 11.8 Å². The van der Waals surface area contributed by atoms with Gasteiger partial charge >= 0.3 is 0 Å². The molecule has 0 aliphatic carbocycles. The molecule has 1 aliphatic heterocycles. The number of hydrogen-bond acceptors (Lipinski definition) is 7. The number of piperazine rings is 1. The predicted molar refractivity (Wildman–Crippen MR) is 97.9 cm³/mol. The van der Waals surface area contributed by atoms with Crippen LogP contribution in [0.25, 0.3) is 0 Å². The van der Waals surface area contributed by atoms with Crippen molar-refractivity contribution in [2.24, 2.45) is 0 Å². The summed E-state index contributed by atoms with van der Waals surface area (Å²) in [5.74, 6) is 1.63. The molecular weight excluding hydrogens is 342 g/mol. The van der Waals surface area contributed by atoms with E-state index in [-0.39, 0.29) is 5.91 Å². The van der Waals surface area contributed by atoms with E-state index in [0.29, 0.717) is 5.75 Å². The lowest BCUT2D eigenvalue weighted by atomic mass is 10.2. The highest BCUT2D eigenvalue weighted by Gasteiger charge is 2.23. The van der Waals surface area contributed by atoms with Gasteiger partial charge in [0.1, 0.15) is 12.1 Å². The molecule has 2 aromatic heterocycles. The average Bonchev–Trinajstić information content (AvgIpc) is 3.01. The van der Waals surface area contributed by atoms with Crippen LogP contribution in [0.1, 0.15) is 17.0 Å². The molecule has 0 aromatic carbocycles. The van der Waals surface area contributed by atoms with Gasteiger partial charge in [-0.3, -0.25) is 4.79 Å². The number of hydrogen-bond donors (Lipinski definition) is 0. The highest BCUT2D eigenvalue weighted by Crippen LogP contribution is 2.23. The monoisotopic (exact) mass is 363 g/mol. The Bertz CT molecular complexity index is 725. The number of amides is 1. The summed E-state index contributed by atoms with van der Waals surface area (Å²) < 4.78 is 0.964. The molecule has 3 rings (SSSR count). The fraction of sp³-hybridized carbons (Fsp3) is 0.500. The van der Waals surface area contributed by atoms with E-state index < -0.39 is 0 Å². The predicted octanol–water partition coefficient (Wildman–Crippen LogP) is 2.30. The lowest BCUT2D eigenvalue weighted by molar-refractivity contribution is -0.128. The third-order valence-corrected chi connectivity index (χ3v) is 6.28. The number of nitrogens with zero attached hydrogens (tertiary/aromatic N) is 5.